The van der Waals surface area contributed by atoms with Crippen molar-refractivity contribution in [2.24, 2.45) is 12.5 Å². The number of aliphatic carboxylic acids is 1. The first kappa shape index (κ1) is 12.0. The van der Waals surface area contributed by atoms with Crippen LogP contribution in [-0.4, -0.2) is 31.6 Å². The quantitative estimate of drug-likeness (QED) is 0.789. The molecule has 0 amide bonds. The minimum Gasteiger partial charge on any atom is -0.481 e. The number of nitrogens with zero attached hydrogens (tertiary/aromatic N) is 3. The van der Waals surface area contributed by atoms with E-state index in [0.717, 1.165) is 11.0 Å². The van der Waals surface area contributed by atoms with Crippen LogP contribution in [0.2, 0.25) is 0 Å². The van der Waals surface area contributed by atoms with E-state index in [1.807, 2.05) is 18.5 Å². The van der Waals surface area contributed by atoms with E-state index in [2.05, 4.69) is 10.2 Å². The van der Waals surface area contributed by atoms with Gasteiger partial charge in [0.2, 0.25) is 0 Å². The first-order valence-electron chi connectivity index (χ1n) is 4.57. The van der Waals surface area contributed by atoms with Gasteiger partial charge in [-0.3, -0.25) is 4.79 Å². The molecule has 0 fully saturated rings. The lowest BCUT2D eigenvalue weighted by atomic mass is 9.97. The predicted octanol–water partition coefficient (Wildman–Crippen LogP) is 1.33. The smallest absolute Gasteiger partial charge is 0.309 e. The highest BCUT2D eigenvalue weighted by atomic mass is 32.2. The Morgan fingerprint density at radius 3 is 2.53 bits per heavy atom. The fourth-order valence-corrected chi connectivity index (χ4v) is 1.86. The van der Waals surface area contributed by atoms with Gasteiger partial charge in [-0.1, -0.05) is 11.8 Å². The molecule has 0 spiro atoms. The summed E-state index contributed by atoms with van der Waals surface area (Å²) in [5.41, 5.74) is -0.746. The average molecular weight is 229 g/mol. The molecule has 0 aliphatic carbocycles. The van der Waals surface area contributed by atoms with E-state index >= 15 is 0 Å². The van der Waals surface area contributed by atoms with Gasteiger partial charge >= 0.3 is 5.97 Å². The Hall–Kier alpha value is -1.04. The zero-order valence-corrected chi connectivity index (χ0v) is 10.1. The van der Waals surface area contributed by atoms with Crippen molar-refractivity contribution >= 4 is 17.7 Å². The van der Waals surface area contributed by atoms with Gasteiger partial charge < -0.3 is 9.67 Å². The zero-order chi connectivity index (χ0) is 11.6. The molecule has 15 heavy (non-hydrogen) atoms. The van der Waals surface area contributed by atoms with Crippen LogP contribution < -0.4 is 0 Å². The molecule has 0 aliphatic heterocycles. The number of thioether (sulfide) groups is 1. The molecule has 1 aromatic heterocycles. The third-order valence-corrected chi connectivity index (χ3v) is 3.67. The highest BCUT2D eigenvalue weighted by Gasteiger charge is 2.27. The minimum absolute atomic E-state index is 0.480. The van der Waals surface area contributed by atoms with E-state index in [4.69, 9.17) is 5.11 Å². The second-order valence-electron chi connectivity index (χ2n) is 4.07. The van der Waals surface area contributed by atoms with Crippen LogP contribution in [0.1, 0.15) is 19.7 Å². The summed E-state index contributed by atoms with van der Waals surface area (Å²) in [4.78, 5) is 10.9. The third-order valence-electron chi connectivity index (χ3n) is 2.19. The molecule has 0 aromatic carbocycles. The summed E-state index contributed by atoms with van der Waals surface area (Å²) in [6.45, 7) is 5.26. The van der Waals surface area contributed by atoms with Crippen molar-refractivity contribution in [2.75, 3.05) is 5.75 Å². The SMILES string of the molecule is Cc1nnc(SCC(C)(C)C(=O)O)n1C. The number of hydrogen-bond donors (Lipinski definition) is 1. The number of carbonyl (C=O) groups is 1. The molecule has 0 saturated carbocycles. The van der Waals surface area contributed by atoms with Gasteiger partial charge in [-0.25, -0.2) is 0 Å². The Morgan fingerprint density at radius 2 is 2.13 bits per heavy atom. The number of aromatic nitrogens is 3. The summed E-state index contributed by atoms with van der Waals surface area (Å²) < 4.78 is 1.85. The first-order valence-corrected chi connectivity index (χ1v) is 5.55. The molecule has 84 valence electrons. The maximum absolute atomic E-state index is 10.9. The fourth-order valence-electron chi connectivity index (χ4n) is 0.820. The van der Waals surface area contributed by atoms with Crippen LogP contribution in [0, 0.1) is 12.3 Å². The lowest BCUT2D eigenvalue weighted by Crippen LogP contribution is -2.26. The Balaban J connectivity index is 2.65. The number of carboxylic acid groups (broad SMARTS) is 1. The van der Waals surface area contributed by atoms with E-state index in [1.54, 1.807) is 13.8 Å². The van der Waals surface area contributed by atoms with Gasteiger partial charge in [-0.05, 0) is 20.8 Å². The second-order valence-corrected chi connectivity index (χ2v) is 5.01. The molecule has 1 heterocycles. The molecule has 0 radical (unpaired) electrons. The van der Waals surface area contributed by atoms with Gasteiger partial charge in [0.15, 0.2) is 5.16 Å². The molecule has 0 atom stereocenters. The molecular weight excluding hydrogens is 214 g/mol. The zero-order valence-electron chi connectivity index (χ0n) is 9.31. The maximum atomic E-state index is 10.9. The van der Waals surface area contributed by atoms with E-state index in [9.17, 15) is 4.79 Å². The topological polar surface area (TPSA) is 68.0 Å². The molecule has 0 unspecified atom stereocenters. The van der Waals surface area contributed by atoms with Gasteiger partial charge in [0.05, 0.1) is 5.41 Å². The van der Waals surface area contributed by atoms with Crippen molar-refractivity contribution in [3.63, 3.8) is 0 Å². The molecular formula is C9H15N3O2S. The Kier molecular flexibility index (Phi) is 3.38. The largest absolute Gasteiger partial charge is 0.481 e. The van der Waals surface area contributed by atoms with Crippen molar-refractivity contribution in [1.82, 2.24) is 14.8 Å². The molecule has 5 nitrogen and oxygen atoms in total. The summed E-state index contributed by atoms with van der Waals surface area (Å²) in [5.74, 6) is 0.508. The first-order chi connectivity index (χ1) is 6.84. The Labute approximate surface area is 92.9 Å². The van der Waals surface area contributed by atoms with Gasteiger partial charge in [0.1, 0.15) is 5.82 Å². The van der Waals surface area contributed by atoms with Gasteiger partial charge in [0.25, 0.3) is 0 Å². The van der Waals surface area contributed by atoms with Crippen LogP contribution in [0.4, 0.5) is 0 Å². The highest BCUT2D eigenvalue weighted by Crippen LogP contribution is 2.26. The molecule has 1 N–H and O–H groups in total. The number of carboxylic acids is 1. The fraction of sp³-hybridized carbons (Fsp3) is 0.667. The van der Waals surface area contributed by atoms with Gasteiger partial charge in [-0.2, -0.15) is 0 Å². The van der Waals surface area contributed by atoms with Crippen molar-refractivity contribution in [2.45, 2.75) is 25.9 Å². The van der Waals surface area contributed by atoms with Crippen molar-refractivity contribution in [3.05, 3.63) is 5.82 Å². The number of aryl methyl sites for hydroxylation is 1. The van der Waals surface area contributed by atoms with Crippen molar-refractivity contribution in [3.8, 4) is 0 Å². The van der Waals surface area contributed by atoms with E-state index in [-0.39, 0.29) is 0 Å². The third kappa shape index (κ3) is 2.71. The number of hydrogen-bond acceptors (Lipinski definition) is 4. The Bertz CT molecular complexity index is 373. The Morgan fingerprint density at radius 1 is 1.53 bits per heavy atom. The summed E-state index contributed by atoms with van der Waals surface area (Å²) in [7, 11) is 1.87. The van der Waals surface area contributed by atoms with Crippen LogP contribution in [0.15, 0.2) is 5.16 Å². The average Bonchev–Trinajstić information content (AvgIpc) is 2.45. The normalized spacial score (nSPS) is 11.7. The van der Waals surface area contributed by atoms with Crippen molar-refractivity contribution in [1.29, 1.82) is 0 Å². The second kappa shape index (κ2) is 4.22. The maximum Gasteiger partial charge on any atom is 0.309 e. The summed E-state index contributed by atoms with van der Waals surface area (Å²) in [5, 5.41) is 17.6. The molecule has 0 bridgehead atoms. The molecule has 0 saturated heterocycles. The standard InChI is InChI=1S/C9H15N3O2S/c1-6-10-11-8(12(6)4)15-5-9(2,3)7(13)14/h5H2,1-4H3,(H,13,14). The van der Waals surface area contributed by atoms with E-state index in [0.29, 0.717) is 5.75 Å². The molecule has 6 heteroatoms. The number of rotatable bonds is 4. The van der Waals surface area contributed by atoms with Crippen molar-refractivity contribution < 1.29 is 9.90 Å². The predicted molar refractivity (Wildman–Crippen MR) is 57.9 cm³/mol. The molecule has 0 aliphatic rings. The molecule has 1 aromatic rings. The van der Waals surface area contributed by atoms with Gasteiger partial charge in [0, 0.05) is 12.8 Å². The van der Waals surface area contributed by atoms with Crippen LogP contribution >= 0.6 is 11.8 Å². The van der Waals surface area contributed by atoms with E-state index in [1.165, 1.54) is 11.8 Å². The summed E-state index contributed by atoms with van der Waals surface area (Å²) in [6.07, 6.45) is 0. The van der Waals surface area contributed by atoms with Crippen LogP contribution in [-0.2, 0) is 11.8 Å². The lowest BCUT2D eigenvalue weighted by Gasteiger charge is -2.17. The highest BCUT2D eigenvalue weighted by molar-refractivity contribution is 7.99. The van der Waals surface area contributed by atoms with Crippen LogP contribution in [0.5, 0.6) is 0 Å². The van der Waals surface area contributed by atoms with Gasteiger partial charge in [-0.15, -0.1) is 10.2 Å². The van der Waals surface area contributed by atoms with Crippen LogP contribution in [0.25, 0.3) is 0 Å². The summed E-state index contributed by atoms with van der Waals surface area (Å²) in [6, 6.07) is 0. The van der Waals surface area contributed by atoms with Crippen LogP contribution in [0.3, 0.4) is 0 Å². The monoisotopic (exact) mass is 229 g/mol. The lowest BCUT2D eigenvalue weighted by molar-refractivity contribution is -0.145. The molecule has 1 rings (SSSR count). The van der Waals surface area contributed by atoms with E-state index < -0.39 is 11.4 Å². The minimum atomic E-state index is -0.797. The summed E-state index contributed by atoms with van der Waals surface area (Å²) >= 11 is 1.41.